The number of ether oxygens (including phenoxy) is 1. The van der Waals surface area contributed by atoms with E-state index in [-0.39, 0.29) is 11.8 Å². The number of nitrogens with zero attached hydrogens (tertiary/aromatic N) is 1. The lowest BCUT2D eigenvalue weighted by atomic mass is 9.85. The molecule has 2 amide bonds. The molecule has 0 bridgehead atoms. The molecule has 8 nitrogen and oxygen atoms in total. The maximum Gasteiger partial charge on any atom is 0.243 e. The van der Waals surface area contributed by atoms with E-state index >= 15 is 0 Å². The first-order chi connectivity index (χ1) is 18.8. The van der Waals surface area contributed by atoms with Crippen molar-refractivity contribution in [2.75, 3.05) is 27.2 Å². The molecule has 4 atom stereocenters. The van der Waals surface area contributed by atoms with E-state index in [4.69, 9.17) is 4.74 Å². The van der Waals surface area contributed by atoms with E-state index in [9.17, 15) is 14.7 Å². The van der Waals surface area contributed by atoms with E-state index in [0.717, 1.165) is 22.8 Å². The fraction of sp³-hybridized carbons (Fsp3) is 0.548. The Hall–Kier alpha value is -2.59. The molecule has 0 aliphatic heterocycles. The SMILES string of the molecule is CN[C@H](C)C(=O)N[C@H](C(=O)N[C@@H](Cc1ccccc1)[C@H](O)CN(CC(C)C)Sc1ccc(OC)cc1)C(C)(C)C. The standard InChI is InChI=1S/C31H48N4O4S/c1-21(2)19-35(40-25-16-14-24(39-8)15-17-25)20-27(36)26(18-23-12-10-9-11-13-23)33-30(38)28(31(4,5)6)34-29(37)22(3)32-7/h9-17,21-22,26-28,32,36H,18-20H2,1-8H3,(H,33,38)(H,34,37)/t22-,26+,27-,28-/m1/s1. The number of amides is 2. The van der Waals surface area contributed by atoms with Gasteiger partial charge in [-0.1, -0.05) is 65.0 Å². The van der Waals surface area contributed by atoms with Gasteiger partial charge in [0.05, 0.1) is 25.3 Å². The average Bonchev–Trinajstić information content (AvgIpc) is 2.90. The highest BCUT2D eigenvalue weighted by molar-refractivity contribution is 7.97. The third-order valence-electron chi connectivity index (χ3n) is 6.59. The van der Waals surface area contributed by atoms with E-state index in [1.807, 2.05) is 75.4 Å². The first-order valence-corrected chi connectivity index (χ1v) is 14.7. The van der Waals surface area contributed by atoms with Gasteiger partial charge in [0.1, 0.15) is 11.8 Å². The molecule has 2 rings (SSSR count). The number of carbonyl (C=O) groups excluding carboxylic acids is 2. The Morgan fingerprint density at radius 3 is 2.10 bits per heavy atom. The van der Waals surface area contributed by atoms with Crippen LogP contribution in [0.4, 0.5) is 0 Å². The lowest BCUT2D eigenvalue weighted by molar-refractivity contribution is -0.133. The van der Waals surface area contributed by atoms with Crippen molar-refractivity contribution in [2.24, 2.45) is 11.3 Å². The van der Waals surface area contributed by atoms with Crippen molar-refractivity contribution in [3.8, 4) is 5.75 Å². The van der Waals surface area contributed by atoms with Gasteiger partial charge in [0, 0.05) is 18.0 Å². The molecule has 2 aromatic carbocycles. The zero-order valence-electron chi connectivity index (χ0n) is 25.2. The number of benzene rings is 2. The second-order valence-corrected chi connectivity index (χ2v) is 12.9. The van der Waals surface area contributed by atoms with Crippen LogP contribution in [-0.4, -0.2) is 72.7 Å². The number of hydrogen-bond acceptors (Lipinski definition) is 7. The number of likely N-dealkylation sites (N-methyl/N-ethyl adjacent to an activating group) is 1. The van der Waals surface area contributed by atoms with Gasteiger partial charge in [0.25, 0.3) is 0 Å². The largest absolute Gasteiger partial charge is 0.497 e. The summed E-state index contributed by atoms with van der Waals surface area (Å²) in [6, 6.07) is 15.9. The van der Waals surface area contributed by atoms with Gasteiger partial charge in [-0.05, 0) is 73.5 Å². The van der Waals surface area contributed by atoms with Crippen LogP contribution in [0.1, 0.15) is 47.1 Å². The van der Waals surface area contributed by atoms with Gasteiger partial charge in [0.2, 0.25) is 11.8 Å². The third-order valence-corrected chi connectivity index (χ3v) is 7.62. The summed E-state index contributed by atoms with van der Waals surface area (Å²) in [6.07, 6.45) is -0.407. The zero-order valence-corrected chi connectivity index (χ0v) is 26.0. The Morgan fingerprint density at radius 1 is 0.950 bits per heavy atom. The Kier molecular flexibility index (Phi) is 13.4. The van der Waals surface area contributed by atoms with Crippen LogP contribution in [0.3, 0.4) is 0 Å². The molecule has 0 aliphatic rings. The summed E-state index contributed by atoms with van der Waals surface area (Å²) >= 11 is 1.57. The van der Waals surface area contributed by atoms with Crippen LogP contribution in [0.2, 0.25) is 0 Å². The molecule has 0 aliphatic carbocycles. The van der Waals surface area contributed by atoms with Crippen LogP contribution in [0.5, 0.6) is 5.75 Å². The number of aliphatic hydroxyl groups excluding tert-OH is 1. The number of rotatable bonds is 15. The number of aliphatic hydroxyl groups is 1. The predicted octanol–water partition coefficient (Wildman–Crippen LogP) is 3.89. The van der Waals surface area contributed by atoms with Crippen molar-refractivity contribution in [1.29, 1.82) is 0 Å². The maximum atomic E-state index is 13.7. The average molecular weight is 573 g/mol. The van der Waals surface area contributed by atoms with Gasteiger partial charge in [-0.3, -0.25) is 9.59 Å². The lowest BCUT2D eigenvalue weighted by Gasteiger charge is -2.35. The molecule has 0 fully saturated rings. The van der Waals surface area contributed by atoms with Crippen LogP contribution in [0.25, 0.3) is 0 Å². The molecule has 0 saturated carbocycles. The summed E-state index contributed by atoms with van der Waals surface area (Å²) in [6.45, 7) is 12.9. The minimum Gasteiger partial charge on any atom is -0.497 e. The molecular formula is C31H48N4O4S. The van der Waals surface area contributed by atoms with E-state index in [0.29, 0.717) is 18.9 Å². The first kappa shape index (κ1) is 33.6. The summed E-state index contributed by atoms with van der Waals surface area (Å²) in [5.74, 6) is 0.587. The van der Waals surface area contributed by atoms with Gasteiger partial charge in [-0.25, -0.2) is 4.31 Å². The van der Waals surface area contributed by atoms with E-state index < -0.39 is 29.6 Å². The van der Waals surface area contributed by atoms with Crippen LogP contribution in [-0.2, 0) is 16.0 Å². The number of nitrogens with one attached hydrogen (secondary N) is 3. The molecular weight excluding hydrogens is 524 g/mol. The Balaban J connectivity index is 2.28. The second kappa shape index (κ2) is 16.0. The van der Waals surface area contributed by atoms with Gasteiger partial charge < -0.3 is 25.8 Å². The van der Waals surface area contributed by atoms with Crippen LogP contribution >= 0.6 is 11.9 Å². The molecule has 0 spiro atoms. The summed E-state index contributed by atoms with van der Waals surface area (Å²) in [4.78, 5) is 27.4. The van der Waals surface area contributed by atoms with Crippen LogP contribution in [0, 0.1) is 11.3 Å². The number of carbonyl (C=O) groups is 2. The van der Waals surface area contributed by atoms with Crippen LogP contribution in [0.15, 0.2) is 59.5 Å². The molecule has 0 saturated heterocycles. The summed E-state index contributed by atoms with van der Waals surface area (Å²) in [5, 5.41) is 20.5. The normalized spacial score (nSPS) is 14.9. The van der Waals surface area contributed by atoms with Crippen molar-refractivity contribution in [3.63, 3.8) is 0 Å². The molecule has 0 unspecified atom stereocenters. The Labute approximate surface area is 244 Å². The fourth-order valence-corrected chi connectivity index (χ4v) is 5.32. The van der Waals surface area contributed by atoms with Crippen molar-refractivity contribution in [2.45, 2.75) is 77.1 Å². The molecule has 9 heteroatoms. The number of hydrogen-bond donors (Lipinski definition) is 4. The quantitative estimate of drug-likeness (QED) is 0.240. The lowest BCUT2D eigenvalue weighted by Crippen LogP contribution is -2.60. The Bertz CT molecular complexity index is 1040. The molecule has 4 N–H and O–H groups in total. The summed E-state index contributed by atoms with van der Waals surface area (Å²) in [5.41, 5.74) is 0.466. The summed E-state index contributed by atoms with van der Waals surface area (Å²) in [7, 11) is 3.34. The maximum absolute atomic E-state index is 13.7. The van der Waals surface area contributed by atoms with Crippen molar-refractivity contribution < 1.29 is 19.4 Å². The third kappa shape index (κ3) is 11.1. The molecule has 0 heterocycles. The predicted molar refractivity (Wildman–Crippen MR) is 163 cm³/mol. The number of methoxy groups -OCH3 is 1. The molecule has 0 aromatic heterocycles. The highest BCUT2D eigenvalue weighted by Crippen LogP contribution is 2.27. The van der Waals surface area contributed by atoms with E-state index in [1.165, 1.54) is 0 Å². The van der Waals surface area contributed by atoms with Crippen molar-refractivity contribution >= 4 is 23.8 Å². The zero-order chi connectivity index (χ0) is 29.9. The van der Waals surface area contributed by atoms with Crippen molar-refractivity contribution in [1.82, 2.24) is 20.3 Å². The smallest absolute Gasteiger partial charge is 0.243 e. The molecule has 2 aromatic rings. The highest BCUT2D eigenvalue weighted by atomic mass is 32.2. The summed E-state index contributed by atoms with van der Waals surface area (Å²) < 4.78 is 7.42. The van der Waals surface area contributed by atoms with Gasteiger partial charge in [-0.2, -0.15) is 0 Å². The van der Waals surface area contributed by atoms with Gasteiger partial charge in [-0.15, -0.1) is 0 Å². The molecule has 40 heavy (non-hydrogen) atoms. The molecule has 0 radical (unpaired) electrons. The molecule has 222 valence electrons. The topological polar surface area (TPSA) is 103 Å². The van der Waals surface area contributed by atoms with Gasteiger partial charge in [0.15, 0.2) is 0 Å². The second-order valence-electron chi connectivity index (χ2n) is 11.7. The monoisotopic (exact) mass is 572 g/mol. The van der Waals surface area contributed by atoms with E-state index in [2.05, 4.69) is 34.1 Å². The van der Waals surface area contributed by atoms with Gasteiger partial charge >= 0.3 is 0 Å². The highest BCUT2D eigenvalue weighted by Gasteiger charge is 2.36. The fourth-order valence-electron chi connectivity index (χ4n) is 4.17. The first-order valence-electron chi connectivity index (χ1n) is 13.9. The minimum absolute atomic E-state index is 0.253. The van der Waals surface area contributed by atoms with Crippen molar-refractivity contribution in [3.05, 3.63) is 60.2 Å². The minimum atomic E-state index is -0.860. The Morgan fingerprint density at radius 2 is 1.57 bits per heavy atom. The van der Waals surface area contributed by atoms with E-state index in [1.54, 1.807) is 33.0 Å². The van der Waals surface area contributed by atoms with Crippen LogP contribution < -0.4 is 20.7 Å².